The SMILES string of the molecule is CCOC(=O)COC(=O)[C@H](C)N1CC[C@@H](OC(=O)[C@](O)(c2ccccc2)C2CCCC2)C1. The lowest BCUT2D eigenvalue weighted by Crippen LogP contribution is -2.45. The number of hydrogen-bond donors (Lipinski definition) is 1. The minimum atomic E-state index is -1.67. The first-order valence-electron chi connectivity index (χ1n) is 11.4. The molecule has 1 saturated carbocycles. The molecule has 2 aliphatic rings. The van der Waals surface area contributed by atoms with Gasteiger partial charge in [-0.25, -0.2) is 9.59 Å². The molecule has 32 heavy (non-hydrogen) atoms. The molecule has 176 valence electrons. The van der Waals surface area contributed by atoms with E-state index in [0.29, 0.717) is 25.1 Å². The Kier molecular flexibility index (Phi) is 8.26. The number of nitrogens with zero attached hydrogens (tertiary/aromatic N) is 1. The summed E-state index contributed by atoms with van der Waals surface area (Å²) < 4.78 is 15.6. The lowest BCUT2D eigenvalue weighted by atomic mass is 9.80. The molecule has 1 heterocycles. The number of esters is 3. The fraction of sp³-hybridized carbons (Fsp3) is 0.625. The molecular formula is C24H33NO7. The Hall–Kier alpha value is -2.45. The maximum Gasteiger partial charge on any atom is 0.344 e. The minimum Gasteiger partial charge on any atom is -0.463 e. The van der Waals surface area contributed by atoms with E-state index < -0.39 is 42.3 Å². The highest BCUT2D eigenvalue weighted by atomic mass is 16.6. The molecule has 3 rings (SSSR count). The van der Waals surface area contributed by atoms with Crippen LogP contribution in [0.1, 0.15) is 51.5 Å². The highest BCUT2D eigenvalue weighted by Crippen LogP contribution is 2.42. The molecule has 0 amide bonds. The summed E-state index contributed by atoms with van der Waals surface area (Å²) >= 11 is 0. The van der Waals surface area contributed by atoms with Crippen molar-refractivity contribution < 1.29 is 33.7 Å². The van der Waals surface area contributed by atoms with Crippen molar-refractivity contribution in [1.29, 1.82) is 0 Å². The van der Waals surface area contributed by atoms with E-state index in [0.717, 1.165) is 25.7 Å². The first-order valence-corrected chi connectivity index (χ1v) is 11.4. The monoisotopic (exact) mass is 447 g/mol. The fourth-order valence-electron chi connectivity index (χ4n) is 4.60. The average Bonchev–Trinajstić information content (AvgIpc) is 3.50. The van der Waals surface area contributed by atoms with Crippen molar-refractivity contribution in [1.82, 2.24) is 4.90 Å². The van der Waals surface area contributed by atoms with Crippen molar-refractivity contribution in [2.75, 3.05) is 26.3 Å². The predicted molar refractivity (Wildman–Crippen MR) is 115 cm³/mol. The van der Waals surface area contributed by atoms with Gasteiger partial charge in [0.1, 0.15) is 12.1 Å². The number of carbonyl (C=O) groups excluding carboxylic acids is 3. The van der Waals surface area contributed by atoms with E-state index in [1.807, 2.05) is 23.1 Å². The normalized spacial score (nSPS) is 22.2. The highest BCUT2D eigenvalue weighted by molar-refractivity contribution is 5.82. The molecule has 3 atom stereocenters. The van der Waals surface area contributed by atoms with Gasteiger partial charge in [-0.2, -0.15) is 0 Å². The summed E-state index contributed by atoms with van der Waals surface area (Å²) in [7, 11) is 0. The van der Waals surface area contributed by atoms with Gasteiger partial charge in [-0.3, -0.25) is 9.69 Å². The van der Waals surface area contributed by atoms with E-state index in [1.54, 1.807) is 26.0 Å². The molecule has 0 aromatic heterocycles. The number of likely N-dealkylation sites (tertiary alicyclic amines) is 1. The first kappa shape index (κ1) is 24.2. The van der Waals surface area contributed by atoms with Crippen LogP contribution in [0.4, 0.5) is 0 Å². The Bertz CT molecular complexity index is 793. The summed E-state index contributed by atoms with van der Waals surface area (Å²) in [5.74, 6) is -1.92. The van der Waals surface area contributed by atoms with Crippen molar-refractivity contribution in [2.24, 2.45) is 5.92 Å². The summed E-state index contributed by atoms with van der Waals surface area (Å²) in [6.07, 6.45) is 3.64. The van der Waals surface area contributed by atoms with Crippen LogP contribution in [-0.4, -0.2) is 66.4 Å². The molecule has 1 aliphatic carbocycles. The van der Waals surface area contributed by atoms with Crippen LogP contribution in [0, 0.1) is 5.92 Å². The van der Waals surface area contributed by atoms with Crippen LogP contribution >= 0.6 is 0 Å². The topological polar surface area (TPSA) is 102 Å². The van der Waals surface area contributed by atoms with E-state index in [2.05, 4.69) is 0 Å². The zero-order valence-electron chi connectivity index (χ0n) is 18.8. The Morgan fingerprint density at radius 3 is 2.47 bits per heavy atom. The molecule has 0 radical (unpaired) electrons. The van der Waals surface area contributed by atoms with Crippen LogP contribution < -0.4 is 0 Å². The van der Waals surface area contributed by atoms with Crippen molar-refractivity contribution >= 4 is 17.9 Å². The molecule has 0 spiro atoms. The zero-order valence-corrected chi connectivity index (χ0v) is 18.8. The molecule has 1 aliphatic heterocycles. The van der Waals surface area contributed by atoms with Crippen molar-refractivity contribution in [3.8, 4) is 0 Å². The third kappa shape index (κ3) is 5.48. The third-order valence-electron chi connectivity index (χ3n) is 6.45. The van der Waals surface area contributed by atoms with E-state index in [9.17, 15) is 19.5 Å². The molecule has 8 heteroatoms. The molecular weight excluding hydrogens is 414 g/mol. The number of rotatable bonds is 9. The van der Waals surface area contributed by atoms with Gasteiger partial charge >= 0.3 is 17.9 Å². The highest BCUT2D eigenvalue weighted by Gasteiger charge is 2.49. The summed E-state index contributed by atoms with van der Waals surface area (Å²) in [5, 5.41) is 11.5. The Morgan fingerprint density at radius 1 is 1.12 bits per heavy atom. The predicted octanol–water partition coefficient (Wildman–Crippen LogP) is 2.18. The van der Waals surface area contributed by atoms with Crippen LogP contribution in [0.5, 0.6) is 0 Å². The van der Waals surface area contributed by atoms with Gasteiger partial charge in [-0.15, -0.1) is 0 Å². The minimum absolute atomic E-state index is 0.174. The van der Waals surface area contributed by atoms with Crippen LogP contribution in [0.2, 0.25) is 0 Å². The second-order valence-corrected chi connectivity index (χ2v) is 8.51. The smallest absolute Gasteiger partial charge is 0.344 e. The number of carbonyl (C=O) groups is 3. The van der Waals surface area contributed by atoms with Gasteiger partial charge in [-0.05, 0) is 38.7 Å². The number of aliphatic hydroxyl groups is 1. The maximum atomic E-state index is 13.2. The van der Waals surface area contributed by atoms with Gasteiger partial charge < -0.3 is 19.3 Å². The molecule has 2 fully saturated rings. The van der Waals surface area contributed by atoms with Gasteiger partial charge in [0, 0.05) is 19.0 Å². The van der Waals surface area contributed by atoms with E-state index in [-0.39, 0.29) is 12.5 Å². The fourth-order valence-corrected chi connectivity index (χ4v) is 4.60. The van der Waals surface area contributed by atoms with Gasteiger partial charge in [-0.1, -0.05) is 43.2 Å². The maximum absolute atomic E-state index is 13.2. The lowest BCUT2D eigenvalue weighted by molar-refractivity contribution is -0.179. The van der Waals surface area contributed by atoms with Gasteiger partial charge in [0.2, 0.25) is 0 Å². The lowest BCUT2D eigenvalue weighted by Gasteiger charge is -2.33. The van der Waals surface area contributed by atoms with E-state index in [4.69, 9.17) is 14.2 Å². The molecule has 1 N–H and O–H groups in total. The molecule has 1 aromatic carbocycles. The molecule has 8 nitrogen and oxygen atoms in total. The first-order chi connectivity index (χ1) is 15.4. The Balaban J connectivity index is 1.59. The largest absolute Gasteiger partial charge is 0.463 e. The Morgan fingerprint density at radius 2 is 1.81 bits per heavy atom. The number of ether oxygens (including phenoxy) is 3. The summed E-state index contributed by atoms with van der Waals surface area (Å²) in [6, 6.07) is 8.41. The number of benzene rings is 1. The second kappa shape index (κ2) is 10.9. The molecule has 1 saturated heterocycles. The van der Waals surface area contributed by atoms with Gasteiger partial charge in [0.15, 0.2) is 12.2 Å². The molecule has 0 bridgehead atoms. The quantitative estimate of drug-likeness (QED) is 0.454. The van der Waals surface area contributed by atoms with Gasteiger partial charge in [0.25, 0.3) is 0 Å². The Labute approximate surface area is 188 Å². The third-order valence-corrected chi connectivity index (χ3v) is 6.45. The second-order valence-electron chi connectivity index (χ2n) is 8.51. The van der Waals surface area contributed by atoms with Crippen LogP contribution in [0.3, 0.4) is 0 Å². The van der Waals surface area contributed by atoms with Crippen molar-refractivity contribution in [3.63, 3.8) is 0 Å². The van der Waals surface area contributed by atoms with Crippen LogP contribution in [0.25, 0.3) is 0 Å². The van der Waals surface area contributed by atoms with Crippen LogP contribution in [-0.2, 0) is 34.2 Å². The summed E-state index contributed by atoms with van der Waals surface area (Å²) in [5.41, 5.74) is -1.11. The van der Waals surface area contributed by atoms with Crippen molar-refractivity contribution in [2.45, 2.75) is 63.7 Å². The summed E-state index contributed by atoms with van der Waals surface area (Å²) in [6.45, 7) is 4.07. The summed E-state index contributed by atoms with van der Waals surface area (Å²) in [4.78, 5) is 38.7. The number of hydrogen-bond acceptors (Lipinski definition) is 8. The zero-order chi connectivity index (χ0) is 23.1. The molecule has 0 unspecified atom stereocenters. The van der Waals surface area contributed by atoms with E-state index >= 15 is 0 Å². The standard InChI is InChI=1S/C24H33NO7/c1-3-30-21(26)16-31-22(27)17(2)25-14-13-20(15-25)32-23(28)24(29,19-11-7-8-12-19)18-9-5-4-6-10-18/h4-6,9-10,17,19-20,29H,3,7-8,11-16H2,1-2H3/t17-,20+,24-/m0/s1. The van der Waals surface area contributed by atoms with Crippen LogP contribution in [0.15, 0.2) is 30.3 Å². The van der Waals surface area contributed by atoms with Gasteiger partial charge in [0.05, 0.1) is 6.61 Å². The van der Waals surface area contributed by atoms with E-state index in [1.165, 1.54) is 0 Å². The average molecular weight is 448 g/mol. The molecule has 1 aromatic rings. The van der Waals surface area contributed by atoms with Crippen molar-refractivity contribution in [3.05, 3.63) is 35.9 Å².